The predicted molar refractivity (Wildman–Crippen MR) is 102 cm³/mol. The molecule has 2 aromatic rings. The van der Waals surface area contributed by atoms with Gasteiger partial charge in [-0.2, -0.15) is 0 Å². The number of halogens is 2. The van der Waals surface area contributed by atoms with Crippen molar-refractivity contribution in [3.63, 3.8) is 0 Å². The number of rotatable bonds is 6. The number of esters is 1. The van der Waals surface area contributed by atoms with Crippen LogP contribution < -0.4 is 15.8 Å². The van der Waals surface area contributed by atoms with Crippen molar-refractivity contribution in [2.45, 2.75) is 0 Å². The largest absolute Gasteiger partial charge is 0.496 e. The van der Waals surface area contributed by atoms with E-state index in [2.05, 4.69) is 21.2 Å². The molecule has 0 aromatic heterocycles. The number of nitrogens with one attached hydrogen (secondary N) is 1. The first-order valence-corrected chi connectivity index (χ1v) is 8.44. The van der Waals surface area contributed by atoms with Crippen LogP contribution in [0, 0.1) is 10.1 Å². The number of carbonyl (C=O) groups is 2. The van der Waals surface area contributed by atoms with Gasteiger partial charge in [-0.25, -0.2) is 4.79 Å². The Labute approximate surface area is 166 Å². The third kappa shape index (κ3) is 5.08. The van der Waals surface area contributed by atoms with E-state index in [9.17, 15) is 19.7 Å². The number of benzene rings is 2. The van der Waals surface area contributed by atoms with Gasteiger partial charge in [0.25, 0.3) is 11.6 Å². The molecule has 27 heavy (non-hydrogen) atoms. The highest BCUT2D eigenvalue weighted by atomic mass is 79.9. The van der Waals surface area contributed by atoms with E-state index >= 15 is 0 Å². The zero-order valence-corrected chi connectivity index (χ0v) is 16.2. The minimum absolute atomic E-state index is 0.0148. The van der Waals surface area contributed by atoms with Crippen LogP contribution in [0.1, 0.15) is 10.4 Å². The highest BCUT2D eigenvalue weighted by Gasteiger charge is 2.18. The average Bonchev–Trinajstić information content (AvgIpc) is 2.63. The molecule has 0 bridgehead atoms. The van der Waals surface area contributed by atoms with Crippen molar-refractivity contribution in [2.75, 3.05) is 24.8 Å². The standard InChI is InChI=1S/C16H13BrClN3O6/c1-26-14-6-12(19)11(18)5-9(14)16(23)27-7-15(22)20-13-3-2-8(21(24)25)4-10(13)17/h2-6H,7,19H2,1H3,(H,20,22). The molecule has 0 saturated heterocycles. The van der Waals surface area contributed by atoms with Gasteiger partial charge in [0, 0.05) is 22.7 Å². The number of nitrogens with two attached hydrogens (primary N) is 1. The lowest BCUT2D eigenvalue weighted by Crippen LogP contribution is -2.21. The summed E-state index contributed by atoms with van der Waals surface area (Å²) in [5.74, 6) is -1.31. The summed E-state index contributed by atoms with van der Waals surface area (Å²) in [5.41, 5.74) is 6.03. The van der Waals surface area contributed by atoms with Crippen molar-refractivity contribution >= 4 is 56.5 Å². The summed E-state index contributed by atoms with van der Waals surface area (Å²) in [6, 6.07) is 6.47. The van der Waals surface area contributed by atoms with Gasteiger partial charge in [0.1, 0.15) is 11.3 Å². The van der Waals surface area contributed by atoms with Crippen molar-refractivity contribution < 1.29 is 24.0 Å². The van der Waals surface area contributed by atoms with Crippen LogP contribution in [0.3, 0.4) is 0 Å². The molecule has 9 nitrogen and oxygen atoms in total. The highest BCUT2D eigenvalue weighted by Crippen LogP contribution is 2.29. The van der Waals surface area contributed by atoms with Gasteiger partial charge in [-0.05, 0) is 28.1 Å². The molecule has 142 valence electrons. The van der Waals surface area contributed by atoms with E-state index in [0.29, 0.717) is 4.47 Å². The highest BCUT2D eigenvalue weighted by molar-refractivity contribution is 9.10. The molecule has 0 radical (unpaired) electrons. The van der Waals surface area contributed by atoms with E-state index in [1.165, 1.54) is 37.4 Å². The molecular weight excluding hydrogens is 446 g/mol. The summed E-state index contributed by atoms with van der Waals surface area (Å²) in [4.78, 5) is 34.3. The van der Waals surface area contributed by atoms with E-state index in [0.717, 1.165) is 0 Å². The number of non-ortho nitro benzene ring substituents is 1. The fraction of sp³-hybridized carbons (Fsp3) is 0.125. The molecule has 1 amide bonds. The quantitative estimate of drug-likeness (QED) is 0.293. The van der Waals surface area contributed by atoms with Crippen LogP contribution >= 0.6 is 27.5 Å². The van der Waals surface area contributed by atoms with Gasteiger partial charge in [0.2, 0.25) is 0 Å². The SMILES string of the molecule is COc1cc(N)c(Cl)cc1C(=O)OCC(=O)Nc1ccc([N+](=O)[O-])cc1Br. The van der Waals surface area contributed by atoms with Gasteiger partial charge in [-0.1, -0.05) is 11.6 Å². The smallest absolute Gasteiger partial charge is 0.342 e. The maximum atomic E-state index is 12.2. The summed E-state index contributed by atoms with van der Waals surface area (Å²) in [6.07, 6.45) is 0. The van der Waals surface area contributed by atoms with E-state index in [-0.39, 0.29) is 33.4 Å². The Morgan fingerprint density at radius 1 is 1.33 bits per heavy atom. The number of carbonyl (C=O) groups excluding carboxylic acids is 2. The molecule has 0 unspecified atom stereocenters. The minimum Gasteiger partial charge on any atom is -0.496 e. The van der Waals surface area contributed by atoms with Crippen LogP contribution in [0.15, 0.2) is 34.8 Å². The second-order valence-electron chi connectivity index (χ2n) is 5.12. The first-order valence-electron chi connectivity index (χ1n) is 7.27. The van der Waals surface area contributed by atoms with Gasteiger partial charge in [-0.3, -0.25) is 14.9 Å². The number of anilines is 2. The predicted octanol–water partition coefficient (Wildman–Crippen LogP) is 3.40. The lowest BCUT2D eigenvalue weighted by molar-refractivity contribution is -0.384. The molecular formula is C16H13BrClN3O6. The molecule has 0 fully saturated rings. The van der Waals surface area contributed by atoms with Crippen molar-refractivity contribution in [1.29, 1.82) is 0 Å². The number of nitro groups is 1. The van der Waals surface area contributed by atoms with E-state index in [1.54, 1.807) is 0 Å². The summed E-state index contributed by atoms with van der Waals surface area (Å²) >= 11 is 9.01. The summed E-state index contributed by atoms with van der Waals surface area (Å²) in [5, 5.41) is 13.3. The van der Waals surface area contributed by atoms with Gasteiger partial charge >= 0.3 is 5.97 Å². The van der Waals surface area contributed by atoms with Crippen LogP contribution in [-0.2, 0) is 9.53 Å². The van der Waals surface area contributed by atoms with Gasteiger partial charge < -0.3 is 20.5 Å². The molecule has 3 N–H and O–H groups in total. The number of nitrogens with zero attached hydrogens (tertiary/aromatic N) is 1. The molecule has 0 aliphatic heterocycles. The fourth-order valence-electron chi connectivity index (χ4n) is 2.01. The van der Waals surface area contributed by atoms with Gasteiger partial charge in [0.15, 0.2) is 6.61 Å². The normalized spacial score (nSPS) is 10.2. The minimum atomic E-state index is -0.827. The molecule has 0 aliphatic carbocycles. The monoisotopic (exact) mass is 457 g/mol. The number of methoxy groups -OCH3 is 1. The van der Waals surface area contributed by atoms with Crippen LogP contribution in [-0.4, -0.2) is 30.5 Å². The van der Waals surface area contributed by atoms with Crippen LogP contribution in [0.4, 0.5) is 17.1 Å². The molecule has 2 rings (SSSR count). The third-order valence-electron chi connectivity index (χ3n) is 3.31. The Balaban J connectivity index is 2.03. The summed E-state index contributed by atoms with van der Waals surface area (Å²) in [7, 11) is 1.35. The Morgan fingerprint density at radius 2 is 2.04 bits per heavy atom. The van der Waals surface area contributed by atoms with Crippen molar-refractivity contribution in [3.8, 4) is 5.75 Å². The molecule has 0 heterocycles. The van der Waals surface area contributed by atoms with Gasteiger partial charge in [0.05, 0.1) is 28.4 Å². The Morgan fingerprint density at radius 3 is 2.63 bits per heavy atom. The maximum absolute atomic E-state index is 12.2. The fourth-order valence-corrected chi connectivity index (χ4v) is 2.64. The summed E-state index contributed by atoms with van der Waals surface area (Å²) in [6.45, 7) is -0.590. The van der Waals surface area contributed by atoms with Gasteiger partial charge in [-0.15, -0.1) is 0 Å². The number of hydrogen-bond acceptors (Lipinski definition) is 7. The number of nitrogen functional groups attached to an aromatic ring is 1. The number of amides is 1. The number of ether oxygens (including phenoxy) is 2. The topological polar surface area (TPSA) is 134 Å². The first-order chi connectivity index (χ1) is 12.7. The zero-order valence-electron chi connectivity index (χ0n) is 13.8. The van der Waals surface area contributed by atoms with Crippen molar-refractivity contribution in [1.82, 2.24) is 0 Å². The molecule has 11 heteroatoms. The zero-order chi connectivity index (χ0) is 20.1. The van der Waals surface area contributed by atoms with Crippen LogP contribution in [0.5, 0.6) is 5.75 Å². The number of hydrogen-bond donors (Lipinski definition) is 2. The van der Waals surface area contributed by atoms with E-state index in [1.807, 2.05) is 0 Å². The second kappa shape index (κ2) is 8.69. The Kier molecular flexibility index (Phi) is 6.59. The number of nitro benzene ring substituents is 1. The first kappa shape index (κ1) is 20.5. The average molecular weight is 459 g/mol. The molecule has 0 atom stereocenters. The molecule has 0 spiro atoms. The molecule has 0 saturated carbocycles. The Bertz CT molecular complexity index is 921. The van der Waals surface area contributed by atoms with Crippen molar-refractivity contribution in [3.05, 3.63) is 55.5 Å². The second-order valence-corrected chi connectivity index (χ2v) is 6.38. The lowest BCUT2D eigenvalue weighted by atomic mass is 10.2. The molecule has 2 aromatic carbocycles. The van der Waals surface area contributed by atoms with E-state index < -0.39 is 23.4 Å². The third-order valence-corrected chi connectivity index (χ3v) is 4.29. The summed E-state index contributed by atoms with van der Waals surface area (Å²) < 4.78 is 10.3. The maximum Gasteiger partial charge on any atom is 0.342 e. The van der Waals surface area contributed by atoms with Crippen LogP contribution in [0.2, 0.25) is 5.02 Å². The Hall–Kier alpha value is -2.85. The lowest BCUT2D eigenvalue weighted by Gasteiger charge is -2.11. The van der Waals surface area contributed by atoms with E-state index in [4.69, 9.17) is 26.8 Å². The molecule has 0 aliphatic rings. The van der Waals surface area contributed by atoms with Crippen LogP contribution in [0.25, 0.3) is 0 Å². The van der Waals surface area contributed by atoms with Crippen molar-refractivity contribution in [2.24, 2.45) is 0 Å².